The van der Waals surface area contributed by atoms with E-state index >= 15 is 9.59 Å². The fraction of sp³-hybridized carbons (Fsp3) is 0.314. The van der Waals surface area contributed by atoms with Gasteiger partial charge in [0, 0.05) is 43.4 Å². The van der Waals surface area contributed by atoms with Crippen LogP contribution in [0.1, 0.15) is 45.7 Å². The summed E-state index contributed by atoms with van der Waals surface area (Å²) in [6.45, 7) is 10.1. The molecule has 1 fully saturated rings. The van der Waals surface area contributed by atoms with Gasteiger partial charge in [0.25, 0.3) is 11.4 Å². The number of nitrogens with zero attached hydrogens (tertiary/aromatic N) is 3. The van der Waals surface area contributed by atoms with E-state index in [1.54, 1.807) is 0 Å². The largest absolute Gasteiger partial charge is 0.529 e. The zero-order valence-electron chi connectivity index (χ0n) is 39.7. The molecule has 15 nitrogen and oxygen atoms in total. The highest BCUT2D eigenvalue weighted by molar-refractivity contribution is 8.00. The number of amides is 3. The van der Waals surface area contributed by atoms with E-state index in [2.05, 4.69) is 39.2 Å². The predicted molar refractivity (Wildman–Crippen MR) is 273 cm³/mol. The molecule has 1 aliphatic heterocycles. The van der Waals surface area contributed by atoms with Gasteiger partial charge < -0.3 is 19.2 Å². The maximum atomic E-state index is 15.9. The van der Waals surface area contributed by atoms with Crippen molar-refractivity contribution in [2.24, 2.45) is 5.92 Å². The number of carbonyl (C=O) groups is 4. The molecule has 18 heteroatoms. The molecular formula is C51H58N4O11PSSi+. The standard InChI is InChI=1S/C51H57N4O11PSSi/c1-36(56)47(68-32-31-52-49(58)64-33-38-23-27-40(28-24-38)53(60)61)46-45(37(2)66-69(6,7)51(3,4)5)48(57)55(46,50(59)65-34-39-25-29-41(30-26-39)54(62)63)35-67(42-17-11-8-12-18-42,43-19-13-9-14-20-43)44-21-15-10-16-22-44/h8-30,35,37,45-47H,31-34H2,1-7H3/p+1/t37-,45-,46-,47?,55?/m1/s1. The van der Waals surface area contributed by atoms with Crippen LogP contribution < -0.4 is 21.2 Å². The molecule has 3 amide bonds. The van der Waals surface area contributed by atoms with Crippen molar-refractivity contribution in [1.29, 1.82) is 0 Å². The minimum Gasteiger partial charge on any atom is -0.445 e. The minimum atomic E-state index is -3.17. The van der Waals surface area contributed by atoms with Gasteiger partial charge in [0.1, 0.15) is 36.2 Å². The molecule has 0 radical (unpaired) electrons. The van der Waals surface area contributed by atoms with Crippen molar-refractivity contribution in [3.63, 3.8) is 0 Å². The number of Topliss-reactive ketones (excluding diaryl/α,β-unsaturated/α-hetero) is 1. The number of likely N-dealkylation sites (tertiary alicyclic amines) is 1. The van der Waals surface area contributed by atoms with Crippen LogP contribution in [0.5, 0.6) is 0 Å². The molecule has 5 aromatic carbocycles. The van der Waals surface area contributed by atoms with Gasteiger partial charge in [-0.3, -0.25) is 25.0 Å². The summed E-state index contributed by atoms with van der Waals surface area (Å²) in [6.07, 6.45) is -2.43. The van der Waals surface area contributed by atoms with Crippen LogP contribution in [-0.4, -0.2) is 82.1 Å². The lowest BCUT2D eigenvalue weighted by molar-refractivity contribution is -0.754. The van der Waals surface area contributed by atoms with Crippen molar-refractivity contribution in [3.8, 4) is 0 Å². The molecule has 1 heterocycles. The van der Waals surface area contributed by atoms with E-state index in [4.69, 9.17) is 13.9 Å². The Morgan fingerprint density at radius 2 is 1.19 bits per heavy atom. The molecule has 5 atom stereocenters. The third kappa shape index (κ3) is 11.5. The lowest BCUT2D eigenvalue weighted by Crippen LogP contribution is -2.82. The van der Waals surface area contributed by atoms with E-state index < -0.39 is 70.9 Å². The van der Waals surface area contributed by atoms with Crippen molar-refractivity contribution in [2.45, 2.75) is 83.4 Å². The number of thioether (sulfide) groups is 1. The fourth-order valence-electron chi connectivity index (χ4n) is 8.28. The molecule has 0 saturated carbocycles. The molecule has 0 aromatic heterocycles. The molecule has 362 valence electrons. The zero-order chi connectivity index (χ0) is 50.1. The number of rotatable bonds is 19. The highest BCUT2D eigenvalue weighted by Gasteiger charge is 2.74. The highest BCUT2D eigenvalue weighted by Crippen LogP contribution is 2.52. The normalized spacial score (nSPS) is 17.9. The number of hydrogen-bond donors (Lipinski definition) is 1. The van der Waals surface area contributed by atoms with Crippen LogP contribution in [0.25, 0.3) is 0 Å². The van der Waals surface area contributed by atoms with Crippen LogP contribution >= 0.6 is 18.6 Å². The van der Waals surface area contributed by atoms with Crippen molar-refractivity contribution in [2.75, 3.05) is 12.3 Å². The average Bonchev–Trinajstić information content (AvgIpc) is 3.33. The van der Waals surface area contributed by atoms with Gasteiger partial charge in [0.05, 0.1) is 16.0 Å². The minimum absolute atomic E-state index is 0.0399. The second-order valence-corrected chi connectivity index (χ2v) is 27.6. The monoisotopic (exact) mass is 993 g/mol. The molecule has 69 heavy (non-hydrogen) atoms. The SMILES string of the molecule is CC(=O)C(SCCNC(=O)OCc1ccc([N+](=O)[O-])cc1)[C@H]1[C@@H]([C@@H](C)O[Si](C)(C)C(C)(C)C)C(=O)[N+]1(C=P(c1ccccc1)(c1ccccc1)c1ccccc1)C(=O)OCc1ccc([N+](=O)[O-])cc1. The topological polar surface area (TPSA) is 194 Å². The molecule has 1 aliphatic rings. The number of carbonyl (C=O) groups excluding carboxylic acids is 4. The van der Waals surface area contributed by atoms with Crippen LogP contribution in [0.3, 0.4) is 0 Å². The molecule has 0 spiro atoms. The van der Waals surface area contributed by atoms with E-state index in [9.17, 15) is 29.8 Å². The third-order valence-corrected chi connectivity index (χ3v) is 22.9. The smallest absolute Gasteiger partial charge is 0.445 e. The van der Waals surface area contributed by atoms with Gasteiger partial charge >= 0.3 is 18.1 Å². The predicted octanol–water partition coefficient (Wildman–Crippen LogP) is 9.26. The summed E-state index contributed by atoms with van der Waals surface area (Å²) in [6, 6.07) is 39.2. The Labute approximate surface area is 407 Å². The quantitative estimate of drug-likeness (QED) is 0.0157. The van der Waals surface area contributed by atoms with Crippen molar-refractivity contribution in [1.82, 2.24) is 5.32 Å². The first-order valence-corrected chi connectivity index (χ1v) is 28.2. The Kier molecular flexibility index (Phi) is 16.6. The molecule has 1 N–H and O–H groups in total. The van der Waals surface area contributed by atoms with Crippen LogP contribution in [0.2, 0.25) is 18.1 Å². The molecule has 0 bridgehead atoms. The van der Waals surface area contributed by atoms with E-state index in [1.807, 2.05) is 104 Å². The lowest BCUT2D eigenvalue weighted by Gasteiger charge is -2.54. The van der Waals surface area contributed by atoms with E-state index in [0.29, 0.717) is 11.1 Å². The first-order valence-electron chi connectivity index (χ1n) is 22.4. The summed E-state index contributed by atoms with van der Waals surface area (Å²) in [5.41, 5.74) is 0.752. The third-order valence-electron chi connectivity index (χ3n) is 12.8. The van der Waals surface area contributed by atoms with E-state index in [1.165, 1.54) is 67.2 Å². The van der Waals surface area contributed by atoms with Crippen LogP contribution in [0.15, 0.2) is 140 Å². The number of non-ortho nitro benzene ring substituents is 2. The summed E-state index contributed by atoms with van der Waals surface area (Å²) in [5.74, 6) is 0.196. The van der Waals surface area contributed by atoms with Crippen molar-refractivity contribution < 1.29 is 47.4 Å². The second-order valence-electron chi connectivity index (χ2n) is 18.4. The Hall–Kier alpha value is -6.23. The second kappa shape index (κ2) is 22.0. The Morgan fingerprint density at radius 1 is 0.754 bits per heavy atom. The number of hydrogen-bond acceptors (Lipinski definition) is 12. The number of alkyl carbamates (subject to hydrolysis) is 1. The van der Waals surface area contributed by atoms with Crippen molar-refractivity contribution in [3.05, 3.63) is 171 Å². The van der Waals surface area contributed by atoms with Gasteiger partial charge in [-0.15, -0.1) is 16.2 Å². The maximum absolute atomic E-state index is 15.9. The van der Waals surface area contributed by atoms with Gasteiger partial charge in [-0.25, -0.2) is 9.59 Å². The lowest BCUT2D eigenvalue weighted by atomic mass is 9.78. The van der Waals surface area contributed by atoms with Gasteiger partial charge in [0.2, 0.25) is 0 Å². The molecule has 2 unspecified atom stereocenters. The van der Waals surface area contributed by atoms with Gasteiger partial charge in [0.15, 0.2) is 14.2 Å². The summed E-state index contributed by atoms with van der Waals surface area (Å²) >= 11 is 1.20. The summed E-state index contributed by atoms with van der Waals surface area (Å²) in [4.78, 5) is 80.3. The van der Waals surface area contributed by atoms with Crippen molar-refractivity contribution >= 4 is 84.1 Å². The van der Waals surface area contributed by atoms with Gasteiger partial charge in [-0.2, -0.15) is 4.79 Å². The number of imide groups is 1. The molecule has 0 aliphatic carbocycles. The fourth-order valence-corrected chi connectivity index (χ4v) is 15.1. The number of benzene rings is 5. The molecule has 1 saturated heterocycles. The summed E-state index contributed by atoms with van der Waals surface area (Å²) < 4.78 is 17.6. The van der Waals surface area contributed by atoms with E-state index in [0.717, 1.165) is 15.9 Å². The number of nitro groups is 2. The van der Waals surface area contributed by atoms with Gasteiger partial charge in [-0.05, 0) is 83.3 Å². The number of nitrogens with one attached hydrogen (secondary N) is 1. The number of quaternary nitrogens is 1. The average molecular weight is 994 g/mol. The zero-order valence-corrected chi connectivity index (χ0v) is 42.4. The Morgan fingerprint density at radius 3 is 1.59 bits per heavy atom. The number of nitro benzene ring substituents is 2. The first-order chi connectivity index (χ1) is 32.7. The summed E-state index contributed by atoms with van der Waals surface area (Å²) in [5, 5.41) is 26.5. The number of β-lactam (4-membered cyclic amide) rings is 1. The van der Waals surface area contributed by atoms with Crippen LogP contribution in [-0.2, 0) is 36.7 Å². The number of ether oxygens (including phenoxy) is 2. The molecule has 6 rings (SSSR count). The van der Waals surface area contributed by atoms with Gasteiger partial charge in [-0.1, -0.05) is 112 Å². The Balaban J connectivity index is 1.49. The highest BCUT2D eigenvalue weighted by atomic mass is 32.2. The Bertz CT molecular complexity index is 2600. The summed E-state index contributed by atoms with van der Waals surface area (Å²) in [7, 11) is -2.58. The first kappa shape index (κ1) is 52.1. The molecular weight excluding hydrogens is 936 g/mol. The molecule has 5 aromatic rings. The van der Waals surface area contributed by atoms with E-state index in [-0.39, 0.29) is 47.7 Å². The van der Waals surface area contributed by atoms with Crippen LogP contribution in [0, 0.1) is 26.1 Å². The number of ketones is 1. The maximum Gasteiger partial charge on any atom is 0.529 e. The van der Waals surface area contributed by atoms with Crippen LogP contribution in [0.4, 0.5) is 21.0 Å².